The van der Waals surface area contributed by atoms with Crippen molar-refractivity contribution < 1.29 is 0 Å². The van der Waals surface area contributed by atoms with E-state index in [2.05, 4.69) is 40.8 Å². The van der Waals surface area contributed by atoms with Crippen molar-refractivity contribution >= 4 is 27.4 Å². The first-order chi connectivity index (χ1) is 10.6. The molecule has 3 heterocycles. The number of thiophene rings is 1. The van der Waals surface area contributed by atoms with E-state index in [1.165, 1.54) is 54.4 Å². The molecule has 1 aliphatic heterocycles. The molecule has 118 valence electrons. The van der Waals surface area contributed by atoms with Gasteiger partial charge in [-0.1, -0.05) is 0 Å². The van der Waals surface area contributed by atoms with Crippen molar-refractivity contribution in [3.63, 3.8) is 0 Å². The van der Waals surface area contributed by atoms with Crippen LogP contribution in [0.1, 0.15) is 36.6 Å². The number of rotatable bonds is 2. The Hall–Kier alpha value is -1.20. The molecule has 2 atom stereocenters. The average Bonchev–Trinajstić information content (AvgIpc) is 3.09. The summed E-state index contributed by atoms with van der Waals surface area (Å²) in [6.45, 7) is 3.50. The van der Waals surface area contributed by atoms with Gasteiger partial charge in [0.25, 0.3) is 0 Å². The number of hydrogen-bond donors (Lipinski definition) is 0. The summed E-state index contributed by atoms with van der Waals surface area (Å²) in [6.07, 6.45) is 7.90. The Kier molecular flexibility index (Phi) is 3.57. The Morgan fingerprint density at radius 1 is 1.32 bits per heavy atom. The van der Waals surface area contributed by atoms with Crippen LogP contribution in [0.4, 0.5) is 5.82 Å². The summed E-state index contributed by atoms with van der Waals surface area (Å²) >= 11 is 1.88. The summed E-state index contributed by atoms with van der Waals surface area (Å²) in [4.78, 5) is 16.8. The Bertz CT molecular complexity index is 695. The van der Waals surface area contributed by atoms with Gasteiger partial charge in [0.05, 0.1) is 5.39 Å². The van der Waals surface area contributed by atoms with E-state index in [9.17, 15) is 0 Å². The molecule has 1 aliphatic carbocycles. The number of nitrogens with zero attached hydrogens (tertiary/aromatic N) is 4. The van der Waals surface area contributed by atoms with E-state index in [0.717, 1.165) is 5.82 Å². The monoisotopic (exact) mass is 316 g/mol. The van der Waals surface area contributed by atoms with E-state index in [4.69, 9.17) is 0 Å². The van der Waals surface area contributed by atoms with Gasteiger partial charge in [0.1, 0.15) is 17.0 Å². The van der Waals surface area contributed by atoms with E-state index in [0.29, 0.717) is 12.1 Å². The number of aryl methyl sites for hydroxylation is 2. The van der Waals surface area contributed by atoms with Crippen LogP contribution in [0.5, 0.6) is 0 Å². The Morgan fingerprint density at radius 3 is 3.00 bits per heavy atom. The molecule has 0 aromatic carbocycles. The number of piperidine rings is 1. The first-order valence-electron chi connectivity index (χ1n) is 8.33. The van der Waals surface area contributed by atoms with Crippen molar-refractivity contribution in [2.45, 2.75) is 51.1 Å². The molecule has 0 bridgehead atoms. The van der Waals surface area contributed by atoms with Gasteiger partial charge in [-0.25, -0.2) is 9.97 Å². The first-order valence-corrected chi connectivity index (χ1v) is 9.15. The van der Waals surface area contributed by atoms with Crippen LogP contribution in [0.25, 0.3) is 10.2 Å². The van der Waals surface area contributed by atoms with Gasteiger partial charge in [-0.3, -0.25) is 0 Å². The molecule has 0 N–H and O–H groups in total. The van der Waals surface area contributed by atoms with Crippen molar-refractivity contribution in [3.8, 4) is 0 Å². The zero-order valence-corrected chi connectivity index (χ0v) is 14.5. The van der Waals surface area contributed by atoms with Crippen molar-refractivity contribution in [1.82, 2.24) is 14.9 Å². The molecule has 1 fully saturated rings. The van der Waals surface area contributed by atoms with Gasteiger partial charge in [-0.05, 0) is 51.6 Å². The number of aromatic nitrogens is 2. The molecular formula is C17H24N4S. The van der Waals surface area contributed by atoms with Crippen LogP contribution in [-0.4, -0.2) is 47.6 Å². The smallest absolute Gasteiger partial charge is 0.141 e. The number of likely N-dealkylation sites (tertiary alicyclic amines) is 1. The zero-order valence-electron chi connectivity index (χ0n) is 13.7. The Morgan fingerprint density at radius 2 is 2.18 bits per heavy atom. The molecule has 0 unspecified atom stereocenters. The lowest BCUT2D eigenvalue weighted by Crippen LogP contribution is -2.46. The number of hydrogen-bond acceptors (Lipinski definition) is 5. The fourth-order valence-corrected chi connectivity index (χ4v) is 5.19. The lowest BCUT2D eigenvalue weighted by Gasteiger charge is -2.40. The third-order valence-corrected chi connectivity index (χ3v) is 6.74. The molecule has 22 heavy (non-hydrogen) atoms. The van der Waals surface area contributed by atoms with E-state index in [-0.39, 0.29) is 0 Å². The van der Waals surface area contributed by atoms with Crippen molar-refractivity contribution in [2.75, 3.05) is 25.5 Å². The molecule has 2 aliphatic rings. The van der Waals surface area contributed by atoms with Gasteiger partial charge in [-0.2, -0.15) is 0 Å². The molecule has 2 aromatic rings. The van der Waals surface area contributed by atoms with Crippen LogP contribution in [0.2, 0.25) is 0 Å². The van der Waals surface area contributed by atoms with E-state index in [1.807, 2.05) is 11.3 Å². The van der Waals surface area contributed by atoms with E-state index in [1.54, 1.807) is 11.2 Å². The van der Waals surface area contributed by atoms with Crippen LogP contribution in [0.15, 0.2) is 6.33 Å². The highest BCUT2D eigenvalue weighted by molar-refractivity contribution is 7.19. The van der Waals surface area contributed by atoms with E-state index < -0.39 is 0 Å². The summed E-state index contributed by atoms with van der Waals surface area (Å²) in [7, 11) is 4.46. The van der Waals surface area contributed by atoms with Gasteiger partial charge in [0, 0.05) is 30.6 Å². The predicted octanol–water partition coefficient (Wildman–Crippen LogP) is 3.10. The second-order valence-corrected chi connectivity index (χ2v) is 7.94. The molecule has 0 amide bonds. The SMILES string of the molecule is C[C@H]1C[C@H](N(C)c2ncnc3sc4c(c23)CCC4)CCN1C. The molecule has 5 heteroatoms. The molecule has 2 aromatic heterocycles. The molecule has 0 radical (unpaired) electrons. The second-order valence-electron chi connectivity index (χ2n) is 6.85. The lowest BCUT2D eigenvalue weighted by atomic mass is 9.97. The standard InChI is InChI=1S/C17H24N4S/c1-11-9-12(7-8-20(11)2)21(3)16-15-13-5-4-6-14(13)22-17(15)19-10-18-16/h10-12H,4-9H2,1-3H3/t11-,12+/m0/s1. The zero-order chi connectivity index (χ0) is 15.3. The van der Waals surface area contributed by atoms with Crippen LogP contribution in [0, 0.1) is 0 Å². The third kappa shape index (κ3) is 2.22. The lowest BCUT2D eigenvalue weighted by molar-refractivity contribution is 0.181. The van der Waals surface area contributed by atoms with E-state index >= 15 is 0 Å². The maximum Gasteiger partial charge on any atom is 0.141 e. The van der Waals surface area contributed by atoms with Crippen LogP contribution in [-0.2, 0) is 12.8 Å². The predicted molar refractivity (Wildman–Crippen MR) is 93.0 cm³/mol. The second kappa shape index (κ2) is 5.46. The molecular weight excluding hydrogens is 292 g/mol. The summed E-state index contributed by atoms with van der Waals surface area (Å²) < 4.78 is 0. The van der Waals surface area contributed by atoms with Gasteiger partial charge in [0.2, 0.25) is 0 Å². The Balaban J connectivity index is 1.71. The highest BCUT2D eigenvalue weighted by Crippen LogP contribution is 2.40. The average molecular weight is 316 g/mol. The van der Waals surface area contributed by atoms with Crippen molar-refractivity contribution in [1.29, 1.82) is 0 Å². The minimum absolute atomic E-state index is 0.584. The van der Waals surface area contributed by atoms with Gasteiger partial charge in [0.15, 0.2) is 0 Å². The Labute approximate surface area is 136 Å². The van der Waals surface area contributed by atoms with Gasteiger partial charge < -0.3 is 9.80 Å². The van der Waals surface area contributed by atoms with Crippen molar-refractivity contribution in [3.05, 3.63) is 16.8 Å². The molecule has 1 saturated heterocycles. The first kappa shape index (κ1) is 14.4. The minimum atomic E-state index is 0.584. The maximum absolute atomic E-state index is 4.68. The topological polar surface area (TPSA) is 32.3 Å². The van der Waals surface area contributed by atoms with Crippen molar-refractivity contribution in [2.24, 2.45) is 0 Å². The molecule has 0 saturated carbocycles. The summed E-state index contributed by atoms with van der Waals surface area (Å²) in [5.74, 6) is 1.16. The normalized spacial score (nSPS) is 25.6. The number of fused-ring (bicyclic) bond motifs is 3. The molecule has 0 spiro atoms. The van der Waals surface area contributed by atoms with Gasteiger partial charge >= 0.3 is 0 Å². The summed E-state index contributed by atoms with van der Waals surface area (Å²) in [5, 5.41) is 1.34. The minimum Gasteiger partial charge on any atom is -0.356 e. The fourth-order valence-electron chi connectivity index (χ4n) is 3.97. The van der Waals surface area contributed by atoms with Crippen LogP contribution in [0.3, 0.4) is 0 Å². The summed E-state index contributed by atoms with van der Waals surface area (Å²) in [6, 6.07) is 1.23. The molecule has 4 nitrogen and oxygen atoms in total. The highest BCUT2D eigenvalue weighted by atomic mass is 32.1. The largest absolute Gasteiger partial charge is 0.356 e. The van der Waals surface area contributed by atoms with Crippen LogP contribution < -0.4 is 4.90 Å². The number of anilines is 1. The quantitative estimate of drug-likeness (QED) is 0.852. The fraction of sp³-hybridized carbons (Fsp3) is 0.647. The van der Waals surface area contributed by atoms with Crippen LogP contribution >= 0.6 is 11.3 Å². The molecule has 4 rings (SSSR count). The summed E-state index contributed by atoms with van der Waals surface area (Å²) in [5.41, 5.74) is 1.53. The maximum atomic E-state index is 4.68. The third-order valence-electron chi connectivity index (χ3n) is 5.54. The highest BCUT2D eigenvalue weighted by Gasteiger charge is 2.29. The van der Waals surface area contributed by atoms with Gasteiger partial charge in [-0.15, -0.1) is 11.3 Å².